The van der Waals surface area contributed by atoms with Crippen LogP contribution in [0.3, 0.4) is 0 Å². The lowest BCUT2D eigenvalue weighted by Crippen LogP contribution is -2.41. The minimum absolute atomic E-state index is 0.782. The van der Waals surface area contributed by atoms with Crippen LogP contribution in [0.5, 0.6) is 0 Å². The van der Waals surface area contributed by atoms with Crippen LogP contribution < -0.4 is 10.2 Å². The maximum atomic E-state index is 3.65. The van der Waals surface area contributed by atoms with Gasteiger partial charge in [-0.15, -0.1) is 0 Å². The smallest absolute Gasteiger partial charge is 0.0610 e. The van der Waals surface area contributed by atoms with Crippen molar-refractivity contribution in [2.45, 2.75) is 44.6 Å². The summed E-state index contributed by atoms with van der Waals surface area (Å²) in [5, 5.41) is 3.65. The second-order valence-electron chi connectivity index (χ2n) is 6.83. The molecule has 114 valence electrons. The minimum atomic E-state index is 0.782. The van der Waals surface area contributed by atoms with Gasteiger partial charge in [-0.1, -0.05) is 18.6 Å². The molecule has 0 aliphatic carbocycles. The number of nitrogens with one attached hydrogen (secondary N) is 1. The van der Waals surface area contributed by atoms with Crippen molar-refractivity contribution < 1.29 is 0 Å². The predicted octanol–water partition coefficient (Wildman–Crippen LogP) is 3.11. The number of hydrogen-bond acceptors (Lipinski definition) is 3. The molecule has 3 heteroatoms. The Bertz CT molecular complexity index is 493. The van der Waals surface area contributed by atoms with Crippen LogP contribution in [-0.4, -0.2) is 43.7 Å². The van der Waals surface area contributed by atoms with Crippen LogP contribution in [0.2, 0.25) is 0 Å². The second-order valence-corrected chi connectivity index (χ2v) is 6.83. The van der Waals surface area contributed by atoms with Crippen molar-refractivity contribution >= 4 is 11.4 Å². The van der Waals surface area contributed by atoms with Gasteiger partial charge < -0.3 is 10.2 Å². The highest BCUT2D eigenvalue weighted by atomic mass is 15.3. The van der Waals surface area contributed by atoms with Crippen molar-refractivity contribution in [2.24, 2.45) is 0 Å². The molecule has 3 aliphatic heterocycles. The van der Waals surface area contributed by atoms with Crippen LogP contribution >= 0.6 is 0 Å². The van der Waals surface area contributed by atoms with Crippen LogP contribution in [0.15, 0.2) is 18.2 Å². The van der Waals surface area contributed by atoms with E-state index in [0.29, 0.717) is 0 Å². The lowest BCUT2D eigenvalue weighted by Gasteiger charge is -2.33. The van der Waals surface area contributed by atoms with E-state index in [4.69, 9.17) is 0 Å². The first kappa shape index (κ1) is 13.4. The zero-order chi connectivity index (χ0) is 14.1. The number of benzene rings is 1. The number of nitrogens with zero attached hydrogens (tertiary/aromatic N) is 2. The number of anilines is 2. The van der Waals surface area contributed by atoms with Crippen molar-refractivity contribution in [1.29, 1.82) is 0 Å². The highest BCUT2D eigenvalue weighted by Gasteiger charge is 2.30. The van der Waals surface area contributed by atoms with Gasteiger partial charge in [-0.25, -0.2) is 0 Å². The van der Waals surface area contributed by atoms with Gasteiger partial charge in [-0.05, 0) is 56.8 Å². The van der Waals surface area contributed by atoms with Crippen molar-refractivity contribution in [3.8, 4) is 0 Å². The molecule has 0 bridgehead atoms. The van der Waals surface area contributed by atoms with Gasteiger partial charge >= 0.3 is 0 Å². The maximum absolute atomic E-state index is 3.65. The summed E-state index contributed by atoms with van der Waals surface area (Å²) >= 11 is 0. The van der Waals surface area contributed by atoms with Gasteiger partial charge in [0, 0.05) is 25.7 Å². The summed E-state index contributed by atoms with van der Waals surface area (Å²) in [5.41, 5.74) is 4.38. The van der Waals surface area contributed by atoms with Crippen LogP contribution in [0.4, 0.5) is 11.4 Å². The molecule has 3 aliphatic rings. The van der Waals surface area contributed by atoms with Gasteiger partial charge in [0.05, 0.1) is 11.4 Å². The lowest BCUT2D eigenvalue weighted by molar-refractivity contribution is 0.175. The summed E-state index contributed by atoms with van der Waals surface area (Å²) in [6.45, 7) is 6.22. The van der Waals surface area contributed by atoms with Gasteiger partial charge in [0.1, 0.15) is 0 Å². The fraction of sp³-hybridized carbons (Fsp3) is 0.667. The largest absolute Gasteiger partial charge is 0.383 e. The van der Waals surface area contributed by atoms with Crippen LogP contribution in [-0.2, 0) is 6.42 Å². The quantitative estimate of drug-likeness (QED) is 0.901. The first-order valence-corrected chi connectivity index (χ1v) is 8.76. The zero-order valence-corrected chi connectivity index (χ0v) is 13.0. The van der Waals surface area contributed by atoms with Gasteiger partial charge in [0.2, 0.25) is 0 Å². The van der Waals surface area contributed by atoms with E-state index in [0.717, 1.165) is 12.6 Å². The molecule has 0 spiro atoms. The Morgan fingerprint density at radius 3 is 2.81 bits per heavy atom. The Kier molecular flexibility index (Phi) is 3.76. The van der Waals surface area contributed by atoms with Gasteiger partial charge in [0.15, 0.2) is 0 Å². The van der Waals surface area contributed by atoms with Crippen LogP contribution in [0.25, 0.3) is 0 Å². The molecule has 1 atom stereocenters. The topological polar surface area (TPSA) is 18.5 Å². The number of piperidine rings is 1. The van der Waals surface area contributed by atoms with E-state index < -0.39 is 0 Å². The van der Waals surface area contributed by atoms with E-state index in [9.17, 15) is 0 Å². The predicted molar refractivity (Wildman–Crippen MR) is 89.3 cm³/mol. The third kappa shape index (κ3) is 2.64. The molecular weight excluding hydrogens is 258 g/mol. The second kappa shape index (κ2) is 5.88. The van der Waals surface area contributed by atoms with E-state index in [1.165, 1.54) is 81.6 Å². The molecule has 1 aromatic carbocycles. The maximum Gasteiger partial charge on any atom is 0.0610 e. The Balaban J connectivity index is 1.50. The van der Waals surface area contributed by atoms with E-state index in [2.05, 4.69) is 33.3 Å². The third-order valence-corrected chi connectivity index (χ3v) is 5.46. The van der Waals surface area contributed by atoms with Crippen LogP contribution in [0, 0.1) is 0 Å². The third-order valence-electron chi connectivity index (χ3n) is 5.46. The van der Waals surface area contributed by atoms with Gasteiger partial charge in [-0.2, -0.15) is 0 Å². The molecule has 2 fully saturated rings. The first-order chi connectivity index (χ1) is 10.4. The summed E-state index contributed by atoms with van der Waals surface area (Å²) in [5.74, 6) is 0. The Morgan fingerprint density at radius 1 is 1.00 bits per heavy atom. The van der Waals surface area contributed by atoms with Crippen molar-refractivity contribution in [3.05, 3.63) is 23.8 Å². The molecule has 1 aromatic rings. The molecule has 0 amide bonds. The summed E-state index contributed by atoms with van der Waals surface area (Å²) in [6.07, 6.45) is 8.08. The first-order valence-electron chi connectivity index (χ1n) is 8.76. The Morgan fingerprint density at radius 2 is 1.90 bits per heavy atom. The summed E-state index contributed by atoms with van der Waals surface area (Å²) in [7, 11) is 0. The summed E-state index contributed by atoms with van der Waals surface area (Å²) < 4.78 is 0. The fourth-order valence-corrected chi connectivity index (χ4v) is 4.30. The molecule has 0 saturated carbocycles. The molecule has 3 heterocycles. The monoisotopic (exact) mass is 285 g/mol. The molecule has 0 radical (unpaired) electrons. The SMILES string of the molecule is c1cc2c(c(N3CCC(N4CCCCC4)C3)c1)NCCC2. The van der Waals surface area contributed by atoms with Gasteiger partial charge in [-0.3, -0.25) is 4.90 Å². The zero-order valence-electron chi connectivity index (χ0n) is 13.0. The Hall–Kier alpha value is -1.22. The number of hydrogen-bond donors (Lipinski definition) is 1. The molecular formula is C18H27N3. The number of para-hydroxylation sites is 1. The number of fused-ring (bicyclic) bond motifs is 1. The molecule has 1 N–H and O–H groups in total. The molecule has 1 unspecified atom stereocenters. The summed E-state index contributed by atoms with van der Waals surface area (Å²) in [4.78, 5) is 5.36. The van der Waals surface area contributed by atoms with E-state index in [-0.39, 0.29) is 0 Å². The van der Waals surface area contributed by atoms with Gasteiger partial charge in [0.25, 0.3) is 0 Å². The normalized spacial score (nSPS) is 26.5. The molecule has 0 aromatic heterocycles. The van der Waals surface area contributed by atoms with E-state index in [1.54, 1.807) is 0 Å². The van der Waals surface area contributed by atoms with Crippen LogP contribution in [0.1, 0.15) is 37.7 Å². The highest BCUT2D eigenvalue weighted by molar-refractivity contribution is 5.75. The standard InChI is InChI=1S/C18H27N3/c1-2-11-20(12-3-1)16-9-13-21(14-16)17-8-4-6-15-7-5-10-19-18(15)17/h4,6,8,16,19H,1-3,5,7,9-14H2. The molecule has 3 nitrogen and oxygen atoms in total. The van der Waals surface area contributed by atoms with E-state index in [1.807, 2.05) is 0 Å². The molecule has 2 saturated heterocycles. The fourth-order valence-electron chi connectivity index (χ4n) is 4.30. The number of rotatable bonds is 2. The molecule has 4 rings (SSSR count). The average Bonchev–Trinajstić information content (AvgIpc) is 3.05. The minimum Gasteiger partial charge on any atom is -0.383 e. The summed E-state index contributed by atoms with van der Waals surface area (Å²) in [6, 6.07) is 7.64. The molecule has 21 heavy (non-hydrogen) atoms. The van der Waals surface area contributed by atoms with Crippen molar-refractivity contribution in [1.82, 2.24) is 4.90 Å². The average molecular weight is 285 g/mol. The number of aryl methyl sites for hydroxylation is 1. The number of likely N-dealkylation sites (tertiary alicyclic amines) is 1. The highest BCUT2D eigenvalue weighted by Crippen LogP contribution is 2.35. The van der Waals surface area contributed by atoms with Crippen molar-refractivity contribution in [2.75, 3.05) is 42.9 Å². The van der Waals surface area contributed by atoms with Crippen molar-refractivity contribution in [3.63, 3.8) is 0 Å². The Labute approximate surface area is 128 Å². The van der Waals surface area contributed by atoms with E-state index >= 15 is 0 Å². The lowest BCUT2D eigenvalue weighted by atomic mass is 10.0.